The molecule has 0 saturated carbocycles. The van der Waals surface area contributed by atoms with Gasteiger partial charge < -0.3 is 10.6 Å². The van der Waals surface area contributed by atoms with Gasteiger partial charge >= 0.3 is 6.03 Å². The highest BCUT2D eigenvalue weighted by atomic mass is 32.2. The predicted octanol–water partition coefficient (Wildman–Crippen LogP) is 4.34. The quantitative estimate of drug-likeness (QED) is 0.717. The fourth-order valence-electron chi connectivity index (χ4n) is 3.63. The highest BCUT2D eigenvalue weighted by Crippen LogP contribution is 2.25. The molecule has 2 N–H and O–H groups in total. The number of aryl methyl sites for hydroxylation is 1. The van der Waals surface area contributed by atoms with Crippen LogP contribution in [0, 0.1) is 12.8 Å². The van der Waals surface area contributed by atoms with E-state index in [0.29, 0.717) is 30.4 Å². The molecule has 1 fully saturated rings. The molecule has 3 rings (SSSR count). The normalized spacial score (nSPS) is 17.7. The Morgan fingerprint density at radius 2 is 1.77 bits per heavy atom. The van der Waals surface area contributed by atoms with Gasteiger partial charge in [0.05, 0.1) is 4.90 Å². The zero-order valence-corrected chi connectivity index (χ0v) is 18.7. The Morgan fingerprint density at radius 1 is 1.10 bits per heavy atom. The molecule has 1 saturated heterocycles. The third kappa shape index (κ3) is 5.61. The topological polar surface area (TPSA) is 78.5 Å². The summed E-state index contributed by atoms with van der Waals surface area (Å²) in [5.74, 6) is 0.450. The Labute approximate surface area is 179 Å². The van der Waals surface area contributed by atoms with Crippen LogP contribution in [0.1, 0.15) is 43.7 Å². The van der Waals surface area contributed by atoms with Crippen molar-refractivity contribution in [1.29, 1.82) is 0 Å². The Bertz CT molecular complexity index is 954. The summed E-state index contributed by atoms with van der Waals surface area (Å²) in [5, 5.41) is 5.68. The van der Waals surface area contributed by atoms with Gasteiger partial charge in [0.1, 0.15) is 0 Å². The number of rotatable bonds is 6. The smallest absolute Gasteiger partial charge is 0.319 e. The fraction of sp³-hybridized carbons (Fsp3) is 0.435. The molecule has 162 valence electrons. The Balaban J connectivity index is 1.56. The second kappa shape index (κ2) is 9.62. The van der Waals surface area contributed by atoms with E-state index < -0.39 is 10.0 Å². The van der Waals surface area contributed by atoms with E-state index in [9.17, 15) is 13.2 Å². The van der Waals surface area contributed by atoms with Crippen molar-refractivity contribution in [2.24, 2.45) is 5.92 Å². The Morgan fingerprint density at radius 3 is 2.40 bits per heavy atom. The molecule has 1 unspecified atom stereocenters. The van der Waals surface area contributed by atoms with Crippen LogP contribution in [0.15, 0.2) is 53.4 Å². The monoisotopic (exact) mass is 429 g/mol. The Kier molecular flexibility index (Phi) is 7.15. The van der Waals surface area contributed by atoms with Crippen molar-refractivity contribution in [3.8, 4) is 0 Å². The molecule has 1 aliphatic heterocycles. The number of hydrogen-bond acceptors (Lipinski definition) is 3. The molecule has 0 aromatic heterocycles. The maximum Gasteiger partial charge on any atom is 0.319 e. The summed E-state index contributed by atoms with van der Waals surface area (Å²) < 4.78 is 27.6. The molecule has 0 bridgehead atoms. The van der Waals surface area contributed by atoms with Crippen molar-refractivity contribution in [1.82, 2.24) is 9.62 Å². The molecule has 0 spiro atoms. The van der Waals surface area contributed by atoms with Crippen molar-refractivity contribution in [2.45, 2.75) is 44.4 Å². The van der Waals surface area contributed by atoms with Gasteiger partial charge in [0.25, 0.3) is 0 Å². The summed E-state index contributed by atoms with van der Waals surface area (Å²) in [6.45, 7) is 7.53. The molecule has 7 heteroatoms. The summed E-state index contributed by atoms with van der Waals surface area (Å²) >= 11 is 0. The van der Waals surface area contributed by atoms with Crippen LogP contribution in [-0.4, -0.2) is 38.4 Å². The molecule has 1 heterocycles. The highest BCUT2D eigenvalue weighted by molar-refractivity contribution is 7.89. The second-order valence-corrected chi connectivity index (χ2v) is 10.2. The van der Waals surface area contributed by atoms with E-state index in [2.05, 4.69) is 24.5 Å². The fourth-order valence-corrected chi connectivity index (χ4v) is 5.19. The third-order valence-corrected chi connectivity index (χ3v) is 7.41. The van der Waals surface area contributed by atoms with Gasteiger partial charge in [-0.15, -0.1) is 0 Å². The van der Waals surface area contributed by atoms with Crippen LogP contribution < -0.4 is 10.6 Å². The largest absolute Gasteiger partial charge is 0.338 e. The molecule has 1 atom stereocenters. The number of carbonyl (C=O) groups is 1. The predicted molar refractivity (Wildman–Crippen MR) is 120 cm³/mol. The number of carbonyl (C=O) groups excluding carboxylic acids is 1. The van der Waals surface area contributed by atoms with E-state index in [1.54, 1.807) is 16.4 Å². The van der Waals surface area contributed by atoms with E-state index in [4.69, 9.17) is 0 Å². The SMILES string of the molecule is Cc1ccc(NC(=O)NCC2CCCN(S(=O)(=O)c3ccc(C(C)C)cc3)C2)cc1. The minimum absolute atomic E-state index is 0.0900. The van der Waals surface area contributed by atoms with E-state index in [1.165, 1.54) is 0 Å². The van der Waals surface area contributed by atoms with Crippen LogP contribution in [0.25, 0.3) is 0 Å². The lowest BCUT2D eigenvalue weighted by atomic mass is 10.00. The number of piperidine rings is 1. The van der Waals surface area contributed by atoms with Gasteiger partial charge in [0, 0.05) is 25.3 Å². The summed E-state index contributed by atoms with van der Waals surface area (Å²) in [6.07, 6.45) is 1.68. The Hall–Kier alpha value is -2.38. The van der Waals surface area contributed by atoms with Crippen LogP contribution in [0.3, 0.4) is 0 Å². The average molecular weight is 430 g/mol. The van der Waals surface area contributed by atoms with Gasteiger partial charge in [-0.1, -0.05) is 43.7 Å². The summed E-state index contributed by atoms with van der Waals surface area (Å²) in [4.78, 5) is 12.5. The molecule has 2 amide bonds. The first-order valence-corrected chi connectivity index (χ1v) is 11.9. The van der Waals surface area contributed by atoms with Crippen molar-refractivity contribution < 1.29 is 13.2 Å². The summed E-state index contributed by atoms with van der Waals surface area (Å²) in [6, 6.07) is 14.5. The first-order valence-electron chi connectivity index (χ1n) is 10.5. The number of sulfonamides is 1. The first kappa shape index (κ1) is 22.3. The third-order valence-electron chi connectivity index (χ3n) is 5.53. The van der Waals surface area contributed by atoms with E-state index in [1.807, 2.05) is 43.3 Å². The zero-order valence-electron chi connectivity index (χ0n) is 17.9. The van der Waals surface area contributed by atoms with Gasteiger partial charge in [-0.3, -0.25) is 0 Å². The van der Waals surface area contributed by atoms with Crippen molar-refractivity contribution in [2.75, 3.05) is 25.0 Å². The molecular formula is C23H31N3O3S. The number of nitrogens with one attached hydrogen (secondary N) is 2. The lowest BCUT2D eigenvalue weighted by Gasteiger charge is -2.32. The molecule has 0 aliphatic carbocycles. The van der Waals surface area contributed by atoms with Gasteiger partial charge in [0.2, 0.25) is 10.0 Å². The van der Waals surface area contributed by atoms with Crippen LogP contribution in [0.5, 0.6) is 0 Å². The molecule has 0 radical (unpaired) electrons. The number of nitrogens with zero attached hydrogens (tertiary/aromatic N) is 1. The van der Waals surface area contributed by atoms with Crippen LogP contribution in [0.4, 0.5) is 10.5 Å². The van der Waals surface area contributed by atoms with Crippen LogP contribution >= 0.6 is 0 Å². The van der Waals surface area contributed by atoms with Crippen LogP contribution in [0.2, 0.25) is 0 Å². The van der Waals surface area contributed by atoms with Gasteiger partial charge in [-0.05, 0) is 61.4 Å². The highest BCUT2D eigenvalue weighted by Gasteiger charge is 2.30. The first-order chi connectivity index (χ1) is 14.3. The maximum absolute atomic E-state index is 13.0. The lowest BCUT2D eigenvalue weighted by molar-refractivity contribution is 0.238. The summed E-state index contributed by atoms with van der Waals surface area (Å²) in [5.41, 5.74) is 2.98. The number of hydrogen-bond donors (Lipinski definition) is 2. The van der Waals surface area contributed by atoms with Crippen LogP contribution in [-0.2, 0) is 10.0 Å². The maximum atomic E-state index is 13.0. The van der Waals surface area contributed by atoms with Gasteiger partial charge in [-0.25, -0.2) is 13.2 Å². The number of amides is 2. The van der Waals surface area contributed by atoms with E-state index in [-0.39, 0.29) is 11.9 Å². The van der Waals surface area contributed by atoms with Crippen molar-refractivity contribution in [3.05, 3.63) is 59.7 Å². The molecule has 2 aromatic rings. The minimum atomic E-state index is -3.52. The van der Waals surface area contributed by atoms with E-state index >= 15 is 0 Å². The van der Waals surface area contributed by atoms with Gasteiger partial charge in [0.15, 0.2) is 0 Å². The molecule has 1 aliphatic rings. The molecule has 30 heavy (non-hydrogen) atoms. The molecular weight excluding hydrogens is 398 g/mol. The summed E-state index contributed by atoms with van der Waals surface area (Å²) in [7, 11) is -3.52. The standard InChI is InChI=1S/C23H31N3O3S/c1-17(2)20-8-12-22(13-9-20)30(28,29)26-14-4-5-19(16-26)15-24-23(27)25-21-10-6-18(3)7-11-21/h6-13,17,19H,4-5,14-16H2,1-3H3,(H2,24,25,27). The zero-order chi connectivity index (χ0) is 21.7. The van der Waals surface area contributed by atoms with Crippen molar-refractivity contribution in [3.63, 3.8) is 0 Å². The van der Waals surface area contributed by atoms with Crippen molar-refractivity contribution >= 4 is 21.7 Å². The number of benzene rings is 2. The molecule has 2 aromatic carbocycles. The second-order valence-electron chi connectivity index (χ2n) is 8.30. The average Bonchev–Trinajstić information content (AvgIpc) is 2.74. The minimum Gasteiger partial charge on any atom is -0.338 e. The number of anilines is 1. The molecule has 6 nitrogen and oxygen atoms in total. The van der Waals surface area contributed by atoms with E-state index in [0.717, 1.165) is 29.7 Å². The van der Waals surface area contributed by atoms with Gasteiger partial charge in [-0.2, -0.15) is 4.31 Å². The number of urea groups is 1. The lowest BCUT2D eigenvalue weighted by Crippen LogP contribution is -2.44.